The van der Waals surface area contributed by atoms with Crippen molar-refractivity contribution in [1.82, 2.24) is 0 Å². The SMILES string of the molecule is COc1c(C)c2c(c(C(C)(C)C)c1CC=C(C)C(O)CC(=O)O)C(=O)OC2O[Si](C)C. The molecule has 2 rings (SSSR count). The Bertz CT molecular complexity index is 896. The fourth-order valence-electron chi connectivity index (χ4n) is 3.98. The molecule has 0 spiro atoms. The average Bonchev–Trinajstić information content (AvgIpc) is 2.93. The average molecular weight is 450 g/mol. The van der Waals surface area contributed by atoms with Gasteiger partial charge in [-0.25, -0.2) is 4.79 Å². The van der Waals surface area contributed by atoms with Crippen molar-refractivity contribution < 1.29 is 33.7 Å². The van der Waals surface area contributed by atoms with E-state index in [0.29, 0.717) is 28.9 Å². The number of aliphatic carboxylic acids is 1. The van der Waals surface area contributed by atoms with Crippen molar-refractivity contribution in [2.45, 2.75) is 78.4 Å². The number of methoxy groups -OCH3 is 1. The van der Waals surface area contributed by atoms with Crippen molar-refractivity contribution in [3.05, 3.63) is 39.5 Å². The van der Waals surface area contributed by atoms with E-state index in [1.807, 2.05) is 40.8 Å². The Morgan fingerprint density at radius 2 is 1.94 bits per heavy atom. The molecule has 0 saturated heterocycles. The van der Waals surface area contributed by atoms with Crippen molar-refractivity contribution in [2.24, 2.45) is 0 Å². The van der Waals surface area contributed by atoms with E-state index in [9.17, 15) is 14.7 Å². The zero-order valence-electron chi connectivity index (χ0n) is 19.6. The standard InChI is InChI=1S/C23H33O7Si/c1-12(15(24)11-16(25)26)9-10-14-19(23(3,4)5)18-17(13(2)20(14)28-6)22(29-21(18)27)30-31(7)8/h9,15,22,24H,10-11H2,1-8H3,(H,25,26). The second kappa shape index (κ2) is 9.54. The van der Waals surface area contributed by atoms with Crippen LogP contribution >= 0.6 is 0 Å². The van der Waals surface area contributed by atoms with Gasteiger partial charge in [0.1, 0.15) is 5.75 Å². The van der Waals surface area contributed by atoms with Gasteiger partial charge in [-0.1, -0.05) is 26.8 Å². The van der Waals surface area contributed by atoms with Crippen LogP contribution in [-0.4, -0.2) is 44.4 Å². The largest absolute Gasteiger partial charge is 0.496 e. The molecular formula is C23H33O7Si. The summed E-state index contributed by atoms with van der Waals surface area (Å²) in [6, 6.07) is 0. The first kappa shape index (κ1) is 25.1. The van der Waals surface area contributed by atoms with E-state index >= 15 is 0 Å². The van der Waals surface area contributed by atoms with E-state index in [-0.39, 0.29) is 6.42 Å². The van der Waals surface area contributed by atoms with Crippen LogP contribution in [0.15, 0.2) is 11.6 Å². The zero-order valence-corrected chi connectivity index (χ0v) is 20.6. The van der Waals surface area contributed by atoms with Crippen molar-refractivity contribution in [1.29, 1.82) is 0 Å². The number of carboxylic acid groups (broad SMARTS) is 1. The van der Waals surface area contributed by atoms with E-state index in [4.69, 9.17) is 19.0 Å². The molecule has 2 unspecified atom stereocenters. The first-order valence-electron chi connectivity index (χ1n) is 10.3. The molecule has 0 saturated carbocycles. The number of rotatable bonds is 8. The first-order valence-corrected chi connectivity index (χ1v) is 12.7. The summed E-state index contributed by atoms with van der Waals surface area (Å²) < 4.78 is 17.4. The van der Waals surface area contributed by atoms with Gasteiger partial charge < -0.3 is 24.1 Å². The minimum absolute atomic E-state index is 0.363. The van der Waals surface area contributed by atoms with E-state index in [1.54, 1.807) is 20.1 Å². The number of aliphatic hydroxyl groups excluding tert-OH is 1. The van der Waals surface area contributed by atoms with Crippen LogP contribution in [0.4, 0.5) is 0 Å². The Kier molecular flexibility index (Phi) is 7.73. The molecule has 2 atom stereocenters. The van der Waals surface area contributed by atoms with Gasteiger partial charge >= 0.3 is 11.9 Å². The Morgan fingerprint density at radius 3 is 2.42 bits per heavy atom. The first-order chi connectivity index (χ1) is 14.3. The summed E-state index contributed by atoms with van der Waals surface area (Å²) in [4.78, 5) is 23.9. The molecule has 2 N–H and O–H groups in total. The molecule has 8 heteroatoms. The molecule has 0 bridgehead atoms. The van der Waals surface area contributed by atoms with E-state index in [1.165, 1.54) is 0 Å². The predicted molar refractivity (Wildman–Crippen MR) is 119 cm³/mol. The number of carbonyl (C=O) groups is 2. The van der Waals surface area contributed by atoms with E-state index < -0.39 is 38.8 Å². The van der Waals surface area contributed by atoms with Crippen molar-refractivity contribution >= 4 is 21.0 Å². The number of aliphatic hydroxyl groups is 1. The molecule has 31 heavy (non-hydrogen) atoms. The second-order valence-electron chi connectivity index (χ2n) is 9.08. The smallest absolute Gasteiger partial charge is 0.341 e. The minimum atomic E-state index is -1.12. The molecule has 171 valence electrons. The van der Waals surface area contributed by atoms with Gasteiger partial charge in [0.2, 0.25) is 15.3 Å². The number of carboxylic acids is 1. The van der Waals surface area contributed by atoms with Gasteiger partial charge in [-0.15, -0.1) is 0 Å². The maximum absolute atomic E-state index is 12.9. The molecule has 7 nitrogen and oxygen atoms in total. The van der Waals surface area contributed by atoms with Crippen LogP contribution in [0.25, 0.3) is 0 Å². The van der Waals surface area contributed by atoms with Gasteiger partial charge in [0.15, 0.2) is 0 Å². The van der Waals surface area contributed by atoms with Crippen LogP contribution in [0.5, 0.6) is 5.75 Å². The maximum atomic E-state index is 12.9. The summed E-state index contributed by atoms with van der Waals surface area (Å²) >= 11 is 0. The number of esters is 1. The summed E-state index contributed by atoms with van der Waals surface area (Å²) in [6.07, 6.45) is -0.0142. The fraction of sp³-hybridized carbons (Fsp3) is 0.565. The lowest BCUT2D eigenvalue weighted by molar-refractivity contribution is -0.138. The molecule has 1 aliphatic heterocycles. The zero-order chi connectivity index (χ0) is 23.7. The number of hydrogen-bond acceptors (Lipinski definition) is 6. The van der Waals surface area contributed by atoms with Crippen LogP contribution in [-0.2, 0) is 25.8 Å². The van der Waals surface area contributed by atoms with E-state index in [2.05, 4.69) is 0 Å². The quantitative estimate of drug-likeness (QED) is 0.350. The summed E-state index contributed by atoms with van der Waals surface area (Å²) in [6.45, 7) is 13.6. The monoisotopic (exact) mass is 449 g/mol. The van der Waals surface area contributed by atoms with Crippen molar-refractivity contribution in [3.63, 3.8) is 0 Å². The molecule has 1 aliphatic rings. The van der Waals surface area contributed by atoms with Crippen LogP contribution in [0.1, 0.15) is 73.0 Å². The van der Waals surface area contributed by atoms with Crippen LogP contribution in [0.3, 0.4) is 0 Å². The number of allylic oxidation sites excluding steroid dienone is 1. The lowest BCUT2D eigenvalue weighted by atomic mass is 9.76. The van der Waals surface area contributed by atoms with Crippen molar-refractivity contribution in [2.75, 3.05) is 7.11 Å². The van der Waals surface area contributed by atoms with Gasteiger partial charge in [0.05, 0.1) is 25.2 Å². The Balaban J connectivity index is 2.70. The van der Waals surface area contributed by atoms with Crippen LogP contribution < -0.4 is 4.74 Å². The van der Waals surface area contributed by atoms with Gasteiger partial charge in [0.25, 0.3) is 0 Å². The maximum Gasteiger partial charge on any atom is 0.341 e. The summed E-state index contributed by atoms with van der Waals surface area (Å²) in [5.74, 6) is -0.830. The van der Waals surface area contributed by atoms with Crippen molar-refractivity contribution in [3.8, 4) is 5.75 Å². The number of cyclic esters (lactones) is 1. The summed E-state index contributed by atoms with van der Waals surface area (Å²) in [5, 5.41) is 19.1. The van der Waals surface area contributed by atoms with Gasteiger partial charge in [0, 0.05) is 16.7 Å². The van der Waals surface area contributed by atoms with E-state index in [0.717, 1.165) is 16.7 Å². The molecule has 0 amide bonds. The number of fused-ring (bicyclic) bond motifs is 1. The Morgan fingerprint density at radius 1 is 1.32 bits per heavy atom. The Labute approximate surface area is 185 Å². The Hall–Kier alpha value is -2.16. The molecule has 1 aromatic rings. The second-order valence-corrected chi connectivity index (χ2v) is 11.1. The minimum Gasteiger partial charge on any atom is -0.496 e. The molecule has 1 heterocycles. The number of carbonyl (C=O) groups excluding carboxylic acids is 1. The predicted octanol–water partition coefficient (Wildman–Crippen LogP) is 4.06. The third-order valence-corrected chi connectivity index (χ3v) is 6.00. The summed E-state index contributed by atoms with van der Waals surface area (Å²) in [7, 11) is 0.467. The number of hydrogen-bond donors (Lipinski definition) is 2. The molecule has 0 aromatic heterocycles. The highest BCUT2D eigenvalue weighted by atomic mass is 28.3. The number of benzene rings is 1. The van der Waals surface area contributed by atoms with Gasteiger partial charge in [-0.2, -0.15) is 0 Å². The topological polar surface area (TPSA) is 102 Å². The normalized spacial score (nSPS) is 17.5. The van der Waals surface area contributed by atoms with Crippen LogP contribution in [0.2, 0.25) is 13.1 Å². The lowest BCUT2D eigenvalue weighted by Gasteiger charge is -2.28. The number of ether oxygens (including phenoxy) is 2. The van der Waals surface area contributed by atoms with Gasteiger partial charge in [-0.05, 0) is 49.9 Å². The third-order valence-electron chi connectivity index (χ3n) is 5.31. The van der Waals surface area contributed by atoms with Crippen LogP contribution in [0, 0.1) is 6.92 Å². The molecule has 0 fully saturated rings. The third kappa shape index (κ3) is 5.37. The highest BCUT2D eigenvalue weighted by molar-refractivity contribution is 6.48. The molecular weight excluding hydrogens is 416 g/mol. The molecule has 1 aromatic carbocycles. The lowest BCUT2D eigenvalue weighted by Crippen LogP contribution is -2.21. The highest BCUT2D eigenvalue weighted by Crippen LogP contribution is 2.47. The molecule has 1 radical (unpaired) electrons. The van der Waals surface area contributed by atoms with Gasteiger partial charge in [-0.3, -0.25) is 4.79 Å². The molecule has 0 aliphatic carbocycles. The fourth-order valence-corrected chi connectivity index (χ4v) is 4.57. The summed E-state index contributed by atoms with van der Waals surface area (Å²) in [5.41, 5.74) is 3.82. The highest BCUT2D eigenvalue weighted by Gasteiger charge is 2.41.